The maximum absolute atomic E-state index is 14.5. The fourth-order valence-corrected chi connectivity index (χ4v) is 2.93. The van der Waals surface area contributed by atoms with Gasteiger partial charge >= 0.3 is 5.97 Å². The zero-order valence-electron chi connectivity index (χ0n) is 11.0. The molecule has 5 nitrogen and oxygen atoms in total. The third-order valence-corrected chi connectivity index (χ3v) is 4.24. The largest absolute Gasteiger partial charge is 0.464 e. The minimum absolute atomic E-state index is 0.00206. The van der Waals surface area contributed by atoms with E-state index in [0.717, 1.165) is 11.7 Å². The predicted octanol–water partition coefficient (Wildman–Crippen LogP) is 3.93. The Balaban J connectivity index is 2.88. The molecule has 0 bridgehead atoms. The standard InChI is InChI=1S/C13H7BrCl2FN3O2/c1-22-13(21)12-10(19)5(3-18)4-20(12)11-6(14)2-7(15)8(16)9(11)17/h2,4H,19H2,1H3. The highest BCUT2D eigenvalue weighted by atomic mass is 79.9. The molecule has 9 heteroatoms. The number of rotatable bonds is 2. The maximum atomic E-state index is 14.5. The summed E-state index contributed by atoms with van der Waals surface area (Å²) in [5.74, 6) is -1.69. The van der Waals surface area contributed by atoms with Crippen molar-refractivity contribution in [2.75, 3.05) is 12.8 Å². The van der Waals surface area contributed by atoms with Crippen LogP contribution in [0.15, 0.2) is 16.7 Å². The molecule has 0 atom stereocenters. The SMILES string of the molecule is COC(=O)c1c(N)c(C#N)cn1-c1c(Br)cc(Cl)c(Cl)c1F. The molecule has 0 aliphatic carbocycles. The number of ether oxygens (including phenoxy) is 1. The van der Waals surface area contributed by atoms with Gasteiger partial charge in [0.05, 0.1) is 34.1 Å². The molecule has 114 valence electrons. The molecule has 0 aliphatic rings. The first-order valence-corrected chi connectivity index (χ1v) is 7.21. The van der Waals surface area contributed by atoms with Crippen molar-refractivity contribution in [3.8, 4) is 11.8 Å². The van der Waals surface area contributed by atoms with Crippen molar-refractivity contribution in [1.29, 1.82) is 5.26 Å². The van der Waals surface area contributed by atoms with E-state index in [0.29, 0.717) is 0 Å². The summed E-state index contributed by atoms with van der Waals surface area (Å²) in [7, 11) is 1.14. The summed E-state index contributed by atoms with van der Waals surface area (Å²) >= 11 is 14.7. The Morgan fingerprint density at radius 1 is 1.55 bits per heavy atom. The first-order chi connectivity index (χ1) is 10.3. The lowest BCUT2D eigenvalue weighted by Gasteiger charge is -2.13. The van der Waals surface area contributed by atoms with Crippen LogP contribution in [0.25, 0.3) is 5.69 Å². The molecule has 2 rings (SSSR count). The molecule has 0 saturated heterocycles. The Morgan fingerprint density at radius 3 is 2.73 bits per heavy atom. The molecule has 0 fully saturated rings. The van der Waals surface area contributed by atoms with Crippen molar-refractivity contribution < 1.29 is 13.9 Å². The summed E-state index contributed by atoms with van der Waals surface area (Å²) in [6, 6.07) is 3.19. The fourth-order valence-electron chi connectivity index (χ4n) is 1.87. The lowest BCUT2D eigenvalue weighted by molar-refractivity contribution is 0.0593. The van der Waals surface area contributed by atoms with Crippen LogP contribution in [-0.4, -0.2) is 17.6 Å². The average molecular weight is 407 g/mol. The van der Waals surface area contributed by atoms with Gasteiger partial charge in [0.25, 0.3) is 0 Å². The molecule has 1 heterocycles. The van der Waals surface area contributed by atoms with E-state index in [2.05, 4.69) is 20.7 Å². The van der Waals surface area contributed by atoms with Crippen LogP contribution in [0.3, 0.4) is 0 Å². The number of aromatic nitrogens is 1. The van der Waals surface area contributed by atoms with E-state index in [-0.39, 0.29) is 37.2 Å². The number of halogens is 4. The number of carbonyl (C=O) groups is 1. The van der Waals surface area contributed by atoms with Crippen molar-refractivity contribution in [1.82, 2.24) is 4.57 Å². The van der Waals surface area contributed by atoms with E-state index in [9.17, 15) is 9.18 Å². The normalized spacial score (nSPS) is 10.4. The number of carbonyl (C=O) groups excluding carboxylic acids is 1. The van der Waals surface area contributed by atoms with Crippen molar-refractivity contribution in [2.45, 2.75) is 0 Å². The van der Waals surface area contributed by atoms with Crippen molar-refractivity contribution >= 4 is 50.8 Å². The van der Waals surface area contributed by atoms with Gasteiger partial charge in [0, 0.05) is 10.7 Å². The average Bonchev–Trinajstić information content (AvgIpc) is 2.80. The molecule has 0 aliphatic heterocycles. The highest BCUT2D eigenvalue weighted by molar-refractivity contribution is 9.10. The number of nitrogen functional groups attached to an aromatic ring is 1. The van der Waals surface area contributed by atoms with Crippen LogP contribution in [0.2, 0.25) is 10.0 Å². The van der Waals surface area contributed by atoms with E-state index >= 15 is 0 Å². The Morgan fingerprint density at radius 2 is 2.18 bits per heavy atom. The first-order valence-electron chi connectivity index (χ1n) is 5.66. The van der Waals surface area contributed by atoms with Gasteiger partial charge in [-0.25, -0.2) is 9.18 Å². The van der Waals surface area contributed by atoms with E-state index in [1.54, 1.807) is 0 Å². The Kier molecular flexibility index (Phi) is 4.66. The second-order valence-electron chi connectivity index (χ2n) is 4.10. The van der Waals surface area contributed by atoms with Gasteiger partial charge in [-0.3, -0.25) is 0 Å². The van der Waals surface area contributed by atoms with Gasteiger partial charge in [0.15, 0.2) is 11.5 Å². The van der Waals surface area contributed by atoms with Crippen LogP contribution in [-0.2, 0) is 4.74 Å². The van der Waals surface area contributed by atoms with E-state index in [1.807, 2.05) is 6.07 Å². The number of hydrogen-bond donors (Lipinski definition) is 1. The van der Waals surface area contributed by atoms with Crippen LogP contribution in [0.4, 0.5) is 10.1 Å². The highest BCUT2D eigenvalue weighted by Gasteiger charge is 2.26. The minimum Gasteiger partial charge on any atom is -0.464 e. The summed E-state index contributed by atoms with van der Waals surface area (Å²) < 4.78 is 20.4. The lowest BCUT2D eigenvalue weighted by Crippen LogP contribution is -2.12. The Bertz CT molecular complexity index is 830. The van der Waals surface area contributed by atoms with E-state index in [1.165, 1.54) is 12.3 Å². The first kappa shape index (κ1) is 16.6. The molecule has 0 amide bonds. The van der Waals surface area contributed by atoms with Gasteiger partial charge in [0.1, 0.15) is 6.07 Å². The number of nitriles is 1. The summed E-state index contributed by atoms with van der Waals surface area (Å²) in [6.07, 6.45) is 1.22. The van der Waals surface area contributed by atoms with Crippen molar-refractivity contribution in [3.05, 3.63) is 43.9 Å². The third-order valence-electron chi connectivity index (χ3n) is 2.87. The van der Waals surface area contributed by atoms with Gasteiger partial charge in [-0.05, 0) is 22.0 Å². The summed E-state index contributed by atoms with van der Waals surface area (Å²) in [5.41, 5.74) is 5.34. The maximum Gasteiger partial charge on any atom is 0.357 e. The van der Waals surface area contributed by atoms with Gasteiger partial charge in [0.2, 0.25) is 0 Å². The second kappa shape index (κ2) is 6.16. The lowest BCUT2D eigenvalue weighted by atomic mass is 10.2. The van der Waals surface area contributed by atoms with E-state index < -0.39 is 11.8 Å². The number of anilines is 1. The summed E-state index contributed by atoms with van der Waals surface area (Å²) in [6.45, 7) is 0. The smallest absolute Gasteiger partial charge is 0.357 e. The number of benzene rings is 1. The number of nitrogens with two attached hydrogens (primary N) is 1. The van der Waals surface area contributed by atoms with Crippen LogP contribution >= 0.6 is 39.1 Å². The van der Waals surface area contributed by atoms with Crippen LogP contribution in [0.5, 0.6) is 0 Å². The molecule has 0 unspecified atom stereocenters. The summed E-state index contributed by atoms with van der Waals surface area (Å²) in [5, 5.41) is 8.72. The van der Waals surface area contributed by atoms with E-state index in [4.69, 9.17) is 34.2 Å². The van der Waals surface area contributed by atoms with Crippen LogP contribution < -0.4 is 5.73 Å². The molecule has 22 heavy (non-hydrogen) atoms. The van der Waals surface area contributed by atoms with Gasteiger partial charge < -0.3 is 15.0 Å². The molecular formula is C13H7BrCl2FN3O2. The molecule has 0 spiro atoms. The van der Waals surface area contributed by atoms with Crippen LogP contribution in [0.1, 0.15) is 16.1 Å². The van der Waals surface area contributed by atoms with Gasteiger partial charge in [-0.15, -0.1) is 0 Å². The zero-order chi connectivity index (χ0) is 16.6. The van der Waals surface area contributed by atoms with Crippen molar-refractivity contribution in [3.63, 3.8) is 0 Å². The molecule has 0 saturated carbocycles. The molecule has 0 radical (unpaired) electrons. The molecule has 2 N–H and O–H groups in total. The molecule has 1 aromatic heterocycles. The molecule has 2 aromatic rings. The molecular weight excluding hydrogens is 400 g/mol. The highest BCUT2D eigenvalue weighted by Crippen LogP contribution is 2.37. The van der Waals surface area contributed by atoms with Gasteiger partial charge in [-0.1, -0.05) is 23.2 Å². The third kappa shape index (κ3) is 2.54. The monoisotopic (exact) mass is 405 g/mol. The topological polar surface area (TPSA) is 81.0 Å². The minimum atomic E-state index is -0.870. The van der Waals surface area contributed by atoms with Gasteiger partial charge in [-0.2, -0.15) is 5.26 Å². The zero-order valence-corrected chi connectivity index (χ0v) is 14.1. The number of esters is 1. The number of hydrogen-bond acceptors (Lipinski definition) is 4. The number of methoxy groups -OCH3 is 1. The molecule has 1 aromatic carbocycles. The summed E-state index contributed by atoms with van der Waals surface area (Å²) in [4.78, 5) is 11.9. The quantitative estimate of drug-likeness (QED) is 0.465. The predicted molar refractivity (Wildman–Crippen MR) is 83.9 cm³/mol. The second-order valence-corrected chi connectivity index (χ2v) is 5.73. The fraction of sp³-hybridized carbons (Fsp3) is 0.0769. The van der Waals surface area contributed by atoms with Crippen molar-refractivity contribution in [2.24, 2.45) is 0 Å². The van der Waals surface area contributed by atoms with Crippen LogP contribution in [0, 0.1) is 17.1 Å². The Labute approximate surface area is 143 Å². The number of nitrogens with zero attached hydrogens (tertiary/aromatic N) is 2. The Hall–Kier alpha value is -1.75.